The summed E-state index contributed by atoms with van der Waals surface area (Å²) in [4.78, 5) is 16.5. The molecule has 1 amide bonds. The van der Waals surface area contributed by atoms with Crippen molar-refractivity contribution < 1.29 is 4.79 Å². The van der Waals surface area contributed by atoms with Gasteiger partial charge in [0, 0.05) is 18.1 Å². The van der Waals surface area contributed by atoms with Crippen molar-refractivity contribution in [3.63, 3.8) is 0 Å². The monoisotopic (exact) mass is 500 g/mol. The summed E-state index contributed by atoms with van der Waals surface area (Å²) < 4.78 is 0. The number of amides is 1. The third-order valence-electron chi connectivity index (χ3n) is 3.70. The highest BCUT2D eigenvalue weighted by molar-refractivity contribution is 14.0. The third kappa shape index (κ3) is 9.10. The van der Waals surface area contributed by atoms with Gasteiger partial charge in [-0.1, -0.05) is 60.1 Å². The summed E-state index contributed by atoms with van der Waals surface area (Å²) in [6.07, 6.45) is 0.813. The van der Waals surface area contributed by atoms with Crippen LogP contribution in [-0.4, -0.2) is 31.5 Å². The lowest BCUT2D eigenvalue weighted by Gasteiger charge is -2.12. The first kappa shape index (κ1) is 23.2. The number of nitrogens with zero attached hydrogens (tertiary/aromatic N) is 1. The van der Waals surface area contributed by atoms with Crippen molar-refractivity contribution in [2.24, 2.45) is 4.99 Å². The predicted octanol–water partition coefficient (Wildman–Crippen LogP) is 3.37. The Morgan fingerprint density at radius 1 is 1.00 bits per heavy atom. The molecule has 0 radical (unpaired) electrons. The number of carbonyl (C=O) groups excluding carboxylic acids is 1. The summed E-state index contributed by atoms with van der Waals surface area (Å²) in [6.45, 7) is 3.92. The quantitative estimate of drug-likeness (QED) is 0.296. The SMILES string of the molecule is CCNC(=NCc1ccccc1Cl)NCC(=O)NCCc1ccccc1.I. The molecule has 0 aliphatic carbocycles. The lowest BCUT2D eigenvalue weighted by atomic mass is 10.1. The molecule has 0 aromatic heterocycles. The molecule has 3 N–H and O–H groups in total. The predicted molar refractivity (Wildman–Crippen MR) is 123 cm³/mol. The van der Waals surface area contributed by atoms with Crippen LogP contribution in [-0.2, 0) is 17.8 Å². The van der Waals surface area contributed by atoms with Crippen LogP contribution in [0.25, 0.3) is 0 Å². The molecule has 2 aromatic rings. The topological polar surface area (TPSA) is 65.5 Å². The highest BCUT2D eigenvalue weighted by Crippen LogP contribution is 2.15. The molecule has 7 heteroatoms. The fourth-order valence-electron chi connectivity index (χ4n) is 2.35. The molecule has 0 bridgehead atoms. The molecular formula is C20H26ClIN4O. The molecule has 0 fully saturated rings. The Morgan fingerprint density at radius 3 is 2.41 bits per heavy atom. The van der Waals surface area contributed by atoms with Gasteiger partial charge < -0.3 is 16.0 Å². The van der Waals surface area contributed by atoms with Crippen LogP contribution < -0.4 is 16.0 Å². The third-order valence-corrected chi connectivity index (χ3v) is 4.07. The van der Waals surface area contributed by atoms with Gasteiger partial charge in [-0.3, -0.25) is 4.79 Å². The smallest absolute Gasteiger partial charge is 0.239 e. The second-order valence-electron chi connectivity index (χ2n) is 5.73. The van der Waals surface area contributed by atoms with Gasteiger partial charge >= 0.3 is 0 Å². The van der Waals surface area contributed by atoms with Crippen LogP contribution in [0.1, 0.15) is 18.1 Å². The standard InChI is InChI=1S/C20H25ClN4O.HI/c1-2-22-20(24-14-17-10-6-7-11-18(17)21)25-15-19(26)23-13-12-16-8-4-3-5-9-16;/h3-11H,2,12-15H2,1H3,(H,23,26)(H2,22,24,25);1H. The summed E-state index contributed by atoms with van der Waals surface area (Å²) in [5.74, 6) is 0.523. The van der Waals surface area contributed by atoms with Gasteiger partial charge in [0.2, 0.25) is 5.91 Å². The average molecular weight is 501 g/mol. The van der Waals surface area contributed by atoms with Crippen molar-refractivity contribution in [3.05, 3.63) is 70.7 Å². The maximum atomic E-state index is 12.0. The minimum Gasteiger partial charge on any atom is -0.357 e. The molecule has 0 saturated heterocycles. The molecule has 0 aliphatic heterocycles. The van der Waals surface area contributed by atoms with E-state index in [0.29, 0.717) is 30.6 Å². The Labute approximate surface area is 183 Å². The van der Waals surface area contributed by atoms with Crippen molar-refractivity contribution >= 4 is 47.4 Å². The molecule has 146 valence electrons. The number of hydrogen-bond acceptors (Lipinski definition) is 2. The van der Waals surface area contributed by atoms with Gasteiger partial charge in [-0.15, -0.1) is 24.0 Å². The van der Waals surface area contributed by atoms with E-state index < -0.39 is 0 Å². The number of hydrogen-bond donors (Lipinski definition) is 3. The van der Waals surface area contributed by atoms with E-state index in [9.17, 15) is 4.79 Å². The van der Waals surface area contributed by atoms with Crippen LogP contribution in [0, 0.1) is 0 Å². The Bertz CT molecular complexity index is 725. The second kappa shape index (κ2) is 13.4. The zero-order valence-corrected chi connectivity index (χ0v) is 18.5. The fraction of sp³-hybridized carbons (Fsp3) is 0.300. The number of rotatable bonds is 8. The van der Waals surface area contributed by atoms with Crippen molar-refractivity contribution in [2.45, 2.75) is 19.9 Å². The molecule has 5 nitrogen and oxygen atoms in total. The fourth-order valence-corrected chi connectivity index (χ4v) is 2.55. The second-order valence-corrected chi connectivity index (χ2v) is 6.13. The minimum atomic E-state index is -0.0655. The molecule has 0 atom stereocenters. The van der Waals surface area contributed by atoms with Gasteiger partial charge in [0.25, 0.3) is 0 Å². The molecule has 0 heterocycles. The van der Waals surface area contributed by atoms with E-state index in [2.05, 4.69) is 33.1 Å². The van der Waals surface area contributed by atoms with Gasteiger partial charge in [0.05, 0.1) is 13.1 Å². The summed E-state index contributed by atoms with van der Waals surface area (Å²) in [7, 11) is 0. The largest absolute Gasteiger partial charge is 0.357 e. The molecule has 0 unspecified atom stereocenters. The summed E-state index contributed by atoms with van der Waals surface area (Å²) in [5.41, 5.74) is 2.15. The summed E-state index contributed by atoms with van der Waals surface area (Å²) in [5, 5.41) is 9.76. The minimum absolute atomic E-state index is 0. The first-order valence-electron chi connectivity index (χ1n) is 8.75. The van der Waals surface area contributed by atoms with E-state index in [1.54, 1.807) is 0 Å². The number of aliphatic imine (C=N–C) groups is 1. The summed E-state index contributed by atoms with van der Waals surface area (Å²) in [6, 6.07) is 17.7. The average Bonchev–Trinajstić information content (AvgIpc) is 2.66. The zero-order valence-electron chi connectivity index (χ0n) is 15.4. The molecule has 0 spiro atoms. The van der Waals surface area contributed by atoms with E-state index in [4.69, 9.17) is 11.6 Å². The Kier molecular flexibility index (Phi) is 11.5. The lowest BCUT2D eigenvalue weighted by Crippen LogP contribution is -2.43. The first-order valence-corrected chi connectivity index (χ1v) is 9.13. The lowest BCUT2D eigenvalue weighted by molar-refractivity contribution is -0.119. The van der Waals surface area contributed by atoms with Gasteiger partial charge in [-0.05, 0) is 30.5 Å². The van der Waals surface area contributed by atoms with Crippen LogP contribution in [0.3, 0.4) is 0 Å². The van der Waals surface area contributed by atoms with Gasteiger partial charge in [0.1, 0.15) is 0 Å². The van der Waals surface area contributed by atoms with E-state index in [0.717, 1.165) is 12.0 Å². The van der Waals surface area contributed by atoms with E-state index in [1.807, 2.05) is 49.4 Å². The van der Waals surface area contributed by atoms with E-state index >= 15 is 0 Å². The van der Waals surface area contributed by atoms with Crippen LogP contribution >= 0.6 is 35.6 Å². The number of guanidine groups is 1. The van der Waals surface area contributed by atoms with Gasteiger partial charge in [0.15, 0.2) is 5.96 Å². The molecule has 2 aromatic carbocycles. The molecule has 0 saturated carbocycles. The van der Waals surface area contributed by atoms with E-state index in [-0.39, 0.29) is 36.4 Å². The van der Waals surface area contributed by atoms with E-state index in [1.165, 1.54) is 5.56 Å². The zero-order chi connectivity index (χ0) is 18.6. The number of carbonyl (C=O) groups is 1. The van der Waals surface area contributed by atoms with Crippen LogP contribution in [0.5, 0.6) is 0 Å². The van der Waals surface area contributed by atoms with Crippen molar-refractivity contribution in [1.29, 1.82) is 0 Å². The van der Waals surface area contributed by atoms with Crippen LogP contribution in [0.15, 0.2) is 59.6 Å². The first-order chi connectivity index (χ1) is 12.7. The normalized spacial score (nSPS) is 10.7. The number of benzene rings is 2. The van der Waals surface area contributed by atoms with Crippen molar-refractivity contribution in [3.8, 4) is 0 Å². The number of halogens is 2. The van der Waals surface area contributed by atoms with Crippen LogP contribution in [0.4, 0.5) is 0 Å². The molecule has 2 rings (SSSR count). The Hall–Kier alpha value is -1.80. The van der Waals surface area contributed by atoms with Gasteiger partial charge in [-0.25, -0.2) is 4.99 Å². The Morgan fingerprint density at radius 2 is 1.70 bits per heavy atom. The van der Waals surface area contributed by atoms with Crippen molar-refractivity contribution in [2.75, 3.05) is 19.6 Å². The Balaban J connectivity index is 0.00000364. The van der Waals surface area contributed by atoms with Crippen molar-refractivity contribution in [1.82, 2.24) is 16.0 Å². The maximum absolute atomic E-state index is 12.0. The molecular weight excluding hydrogens is 475 g/mol. The van der Waals surface area contributed by atoms with Gasteiger partial charge in [-0.2, -0.15) is 0 Å². The number of nitrogens with one attached hydrogen (secondary N) is 3. The molecule has 0 aliphatic rings. The highest BCUT2D eigenvalue weighted by atomic mass is 127. The van der Waals surface area contributed by atoms with Crippen LogP contribution in [0.2, 0.25) is 5.02 Å². The summed E-state index contributed by atoms with van der Waals surface area (Å²) >= 11 is 6.15. The highest BCUT2D eigenvalue weighted by Gasteiger charge is 2.04. The maximum Gasteiger partial charge on any atom is 0.239 e. The molecule has 27 heavy (non-hydrogen) atoms.